The van der Waals surface area contributed by atoms with Crippen molar-refractivity contribution in [1.82, 2.24) is 9.97 Å². The van der Waals surface area contributed by atoms with Gasteiger partial charge >= 0.3 is 18.3 Å². The summed E-state index contributed by atoms with van der Waals surface area (Å²) in [7, 11) is 0. The van der Waals surface area contributed by atoms with Crippen LogP contribution in [0.4, 0.5) is 37.7 Å². The van der Waals surface area contributed by atoms with Crippen LogP contribution in [0.2, 0.25) is 0 Å². The fourth-order valence-corrected chi connectivity index (χ4v) is 6.34. The van der Waals surface area contributed by atoms with Crippen molar-refractivity contribution in [3.63, 3.8) is 0 Å². The standard InChI is InChI=1S/C20H11F3N2O3S.C16H10F3NO2.C4H3NO2S/c21-20(22,23)12-4-1-3-11(7-12)17-8-16(26)13-5-2-6-14(18(13)28-17)25-19(27)15-9-29-10-24-15;17-16(18,19)10-4-1-3-9(7-10)14-8-13(21)11-5-2-6-12(20)15(11)22-14;6-4(7)3-1-8-2-5-3/h1-10H,(H,25,27);1-8H,20H2;1-2H,(H,6,7). The monoisotopic (exact) mass is 850 g/mol. The van der Waals surface area contributed by atoms with Crippen LogP contribution in [0, 0.1) is 0 Å². The number of alkyl halides is 6. The number of benzene rings is 4. The lowest BCUT2D eigenvalue weighted by Crippen LogP contribution is -2.13. The van der Waals surface area contributed by atoms with E-state index in [2.05, 4.69) is 15.3 Å². The molecule has 8 rings (SSSR count). The van der Waals surface area contributed by atoms with E-state index < -0.39 is 40.8 Å². The van der Waals surface area contributed by atoms with Crippen molar-refractivity contribution in [3.8, 4) is 22.6 Å². The number of para-hydroxylation sites is 2. The number of nitrogens with one attached hydrogen (secondary N) is 1. The Morgan fingerprint density at radius 1 is 0.644 bits per heavy atom. The Morgan fingerprint density at radius 3 is 1.59 bits per heavy atom. The molecule has 8 aromatic rings. The number of amides is 1. The fraction of sp³-hybridized carbons (Fsp3) is 0.0500. The molecule has 300 valence electrons. The molecule has 0 saturated carbocycles. The molecule has 0 saturated heterocycles. The van der Waals surface area contributed by atoms with Gasteiger partial charge in [0.25, 0.3) is 5.91 Å². The Hall–Kier alpha value is -7.12. The van der Waals surface area contributed by atoms with Gasteiger partial charge in [0, 0.05) is 34.0 Å². The number of nitrogens with two attached hydrogens (primary N) is 1. The lowest BCUT2D eigenvalue weighted by Gasteiger charge is -2.10. The third-order valence-corrected chi connectivity index (χ3v) is 9.23. The van der Waals surface area contributed by atoms with Crippen LogP contribution < -0.4 is 21.9 Å². The van der Waals surface area contributed by atoms with Crippen LogP contribution in [0.1, 0.15) is 32.1 Å². The summed E-state index contributed by atoms with van der Waals surface area (Å²) < 4.78 is 88.6. The number of nitrogens with zero attached hydrogens (tertiary/aromatic N) is 2. The molecule has 4 heterocycles. The van der Waals surface area contributed by atoms with Crippen molar-refractivity contribution in [2.45, 2.75) is 12.4 Å². The molecule has 4 aromatic heterocycles. The highest BCUT2D eigenvalue weighted by Gasteiger charge is 2.31. The molecule has 11 nitrogen and oxygen atoms in total. The molecular weight excluding hydrogens is 827 g/mol. The molecule has 0 aliphatic heterocycles. The highest BCUT2D eigenvalue weighted by atomic mass is 32.1. The van der Waals surface area contributed by atoms with Crippen LogP contribution in [0.25, 0.3) is 44.6 Å². The van der Waals surface area contributed by atoms with Crippen LogP contribution in [-0.2, 0) is 12.4 Å². The van der Waals surface area contributed by atoms with Gasteiger partial charge in [-0.3, -0.25) is 14.4 Å². The minimum Gasteiger partial charge on any atom is -0.476 e. The van der Waals surface area contributed by atoms with Crippen LogP contribution in [-0.4, -0.2) is 27.0 Å². The first-order valence-electron chi connectivity index (χ1n) is 16.5. The molecule has 1 amide bonds. The van der Waals surface area contributed by atoms with Crippen molar-refractivity contribution < 1.29 is 49.9 Å². The first-order valence-corrected chi connectivity index (χ1v) is 18.4. The number of hydrogen-bond acceptors (Lipinski definition) is 11. The zero-order valence-corrected chi connectivity index (χ0v) is 31.1. The SMILES string of the molecule is Nc1cccc2c(=O)cc(-c3cccc(C(F)(F)F)c3)oc12.O=C(Nc1cccc2c(=O)cc(-c3cccc(C(F)(F)F)c3)oc12)c1cscn1.O=C(O)c1cscn1. The smallest absolute Gasteiger partial charge is 0.416 e. The Morgan fingerprint density at radius 2 is 1.12 bits per heavy atom. The van der Waals surface area contributed by atoms with Gasteiger partial charge in [0.2, 0.25) is 0 Å². The maximum Gasteiger partial charge on any atom is 0.416 e. The summed E-state index contributed by atoms with van der Waals surface area (Å²) in [5, 5.41) is 14.4. The van der Waals surface area contributed by atoms with E-state index in [0.717, 1.165) is 36.4 Å². The number of hydrogen-bond donors (Lipinski definition) is 3. The predicted octanol–water partition coefficient (Wildman–Crippen LogP) is 10.1. The number of carbonyl (C=O) groups is 2. The largest absolute Gasteiger partial charge is 0.476 e. The first kappa shape index (κ1) is 41.5. The quantitative estimate of drug-likeness (QED) is 0.111. The zero-order valence-electron chi connectivity index (χ0n) is 29.5. The zero-order chi connectivity index (χ0) is 42.5. The topological polar surface area (TPSA) is 179 Å². The maximum absolute atomic E-state index is 13.0. The minimum absolute atomic E-state index is 0.0380. The number of carbonyl (C=O) groups excluding carboxylic acids is 1. The molecule has 0 aliphatic carbocycles. The molecule has 0 atom stereocenters. The normalized spacial score (nSPS) is 11.3. The number of rotatable bonds is 5. The molecule has 0 radical (unpaired) electrons. The average molecular weight is 851 g/mol. The van der Waals surface area contributed by atoms with Gasteiger partial charge in [-0.2, -0.15) is 26.3 Å². The molecule has 19 heteroatoms. The third kappa shape index (κ3) is 9.89. The summed E-state index contributed by atoms with van der Waals surface area (Å²) in [4.78, 5) is 54.3. The van der Waals surface area contributed by atoms with Gasteiger partial charge in [0.1, 0.15) is 17.2 Å². The van der Waals surface area contributed by atoms with E-state index in [4.69, 9.17) is 19.7 Å². The summed E-state index contributed by atoms with van der Waals surface area (Å²) in [6, 6.07) is 20.7. The van der Waals surface area contributed by atoms with Crippen molar-refractivity contribution >= 4 is 67.9 Å². The number of thiazole rings is 2. The van der Waals surface area contributed by atoms with E-state index in [0.29, 0.717) is 0 Å². The Kier molecular flexibility index (Phi) is 12.1. The Labute approximate surface area is 334 Å². The lowest BCUT2D eigenvalue weighted by molar-refractivity contribution is -0.138. The minimum atomic E-state index is -4.53. The number of halogens is 6. The molecule has 0 bridgehead atoms. The second-order valence-corrected chi connectivity index (χ2v) is 13.5. The summed E-state index contributed by atoms with van der Waals surface area (Å²) in [6.45, 7) is 0. The number of carboxylic acids is 1. The van der Waals surface area contributed by atoms with Gasteiger partial charge in [-0.25, -0.2) is 14.8 Å². The predicted molar refractivity (Wildman–Crippen MR) is 209 cm³/mol. The maximum atomic E-state index is 13.0. The number of carboxylic acid groups (broad SMARTS) is 1. The van der Waals surface area contributed by atoms with Gasteiger partial charge in [0.15, 0.2) is 27.7 Å². The van der Waals surface area contributed by atoms with Crippen molar-refractivity contribution in [2.75, 3.05) is 11.1 Å². The summed E-state index contributed by atoms with van der Waals surface area (Å²) >= 11 is 2.53. The molecule has 0 aliphatic rings. The highest BCUT2D eigenvalue weighted by molar-refractivity contribution is 7.08. The molecular formula is C40H24F6N4O7S2. The molecule has 0 unspecified atom stereocenters. The van der Waals surface area contributed by atoms with Crippen LogP contribution in [0.15, 0.2) is 137 Å². The van der Waals surface area contributed by atoms with Gasteiger partial charge in [-0.15, -0.1) is 22.7 Å². The lowest BCUT2D eigenvalue weighted by atomic mass is 10.1. The summed E-state index contributed by atoms with van der Waals surface area (Å²) in [5.41, 5.74) is 7.56. The summed E-state index contributed by atoms with van der Waals surface area (Å²) in [6.07, 6.45) is -8.99. The van der Waals surface area contributed by atoms with E-state index in [1.807, 2.05) is 0 Å². The summed E-state index contributed by atoms with van der Waals surface area (Å²) in [5.74, 6) is -1.46. The van der Waals surface area contributed by atoms with E-state index in [9.17, 15) is 45.5 Å². The number of anilines is 2. The molecule has 0 fully saturated rings. The molecule has 59 heavy (non-hydrogen) atoms. The fourth-order valence-electron chi connectivity index (χ4n) is 5.29. The Balaban J connectivity index is 0.000000171. The van der Waals surface area contributed by atoms with Gasteiger partial charge in [0.05, 0.1) is 44.3 Å². The Bertz CT molecular complexity index is 2910. The van der Waals surface area contributed by atoms with E-state index >= 15 is 0 Å². The van der Waals surface area contributed by atoms with Gasteiger partial charge in [-0.1, -0.05) is 36.4 Å². The molecule has 0 spiro atoms. The first-order chi connectivity index (χ1) is 28.0. The second-order valence-electron chi connectivity index (χ2n) is 12.0. The molecule has 4 aromatic carbocycles. The van der Waals surface area contributed by atoms with Crippen LogP contribution in [0.3, 0.4) is 0 Å². The number of fused-ring (bicyclic) bond motifs is 2. The second kappa shape index (κ2) is 17.2. The van der Waals surface area contributed by atoms with Crippen molar-refractivity contribution in [1.29, 1.82) is 0 Å². The van der Waals surface area contributed by atoms with E-state index in [-0.39, 0.29) is 72.8 Å². The van der Waals surface area contributed by atoms with Gasteiger partial charge < -0.3 is 25.0 Å². The number of aromatic carboxylic acids is 1. The van der Waals surface area contributed by atoms with Crippen LogP contribution >= 0.6 is 22.7 Å². The van der Waals surface area contributed by atoms with Crippen LogP contribution in [0.5, 0.6) is 0 Å². The number of aromatic nitrogens is 2. The van der Waals surface area contributed by atoms with E-state index in [1.54, 1.807) is 29.6 Å². The van der Waals surface area contributed by atoms with Crippen molar-refractivity contribution in [3.05, 3.63) is 162 Å². The average Bonchev–Trinajstić information content (AvgIpc) is 3.95. The van der Waals surface area contributed by atoms with E-state index in [1.165, 1.54) is 75.5 Å². The van der Waals surface area contributed by atoms with Crippen molar-refractivity contribution in [2.24, 2.45) is 0 Å². The molecule has 4 N–H and O–H groups in total. The van der Waals surface area contributed by atoms with Gasteiger partial charge in [-0.05, 0) is 48.5 Å². The third-order valence-electron chi connectivity index (χ3n) is 8.05. The number of nitrogen functional groups attached to an aromatic ring is 1. The highest BCUT2D eigenvalue weighted by Crippen LogP contribution is 2.35.